The van der Waals surface area contributed by atoms with Crippen LogP contribution < -0.4 is 5.73 Å². The van der Waals surface area contributed by atoms with Crippen LogP contribution in [0, 0.1) is 6.92 Å². The molecule has 5 nitrogen and oxygen atoms in total. The topological polar surface area (TPSA) is 69.6 Å². The third kappa shape index (κ3) is 2.51. The summed E-state index contributed by atoms with van der Waals surface area (Å²) in [6.45, 7) is 4.97. The summed E-state index contributed by atoms with van der Waals surface area (Å²) in [5, 5.41) is 8.09. The van der Waals surface area contributed by atoms with Gasteiger partial charge in [0.1, 0.15) is 10.6 Å². The van der Waals surface area contributed by atoms with Crippen molar-refractivity contribution in [1.82, 2.24) is 19.7 Å². The number of aryl methyl sites for hydroxylation is 2. The molecule has 0 unspecified atom stereocenters. The maximum Gasteiger partial charge on any atom is 0.191 e. The molecule has 3 aromatic heterocycles. The van der Waals surface area contributed by atoms with E-state index in [1.165, 1.54) is 5.69 Å². The lowest BCUT2D eigenvalue weighted by Crippen LogP contribution is -2.02. The fourth-order valence-electron chi connectivity index (χ4n) is 2.05. The number of rotatable bonds is 4. The Hall–Kier alpha value is -1.60. The Morgan fingerprint density at radius 2 is 2.25 bits per heavy atom. The summed E-state index contributed by atoms with van der Waals surface area (Å²) in [6.07, 6.45) is 0. The number of thiophene rings is 1. The standard InChI is InChI=1S/C13H15N5S2/c1-3-18-9(6-8(2)17-18)7-20-13-15-11(14)10-4-5-19-12(10)16-13/h4-6H,3,7H2,1-2H3,(H2,14,15,16). The molecule has 3 aromatic rings. The van der Waals surface area contributed by atoms with Gasteiger partial charge in [0.05, 0.1) is 11.1 Å². The zero-order valence-electron chi connectivity index (χ0n) is 11.3. The summed E-state index contributed by atoms with van der Waals surface area (Å²) >= 11 is 3.18. The molecule has 0 aromatic carbocycles. The highest BCUT2D eigenvalue weighted by Gasteiger charge is 2.09. The second-order valence-electron chi connectivity index (χ2n) is 4.41. The van der Waals surface area contributed by atoms with Gasteiger partial charge in [-0.3, -0.25) is 4.68 Å². The van der Waals surface area contributed by atoms with Gasteiger partial charge in [-0.15, -0.1) is 11.3 Å². The molecule has 0 bridgehead atoms. The van der Waals surface area contributed by atoms with Crippen LogP contribution in [0.25, 0.3) is 10.2 Å². The maximum atomic E-state index is 5.96. The predicted molar refractivity (Wildman–Crippen MR) is 84.0 cm³/mol. The van der Waals surface area contributed by atoms with Crippen molar-refractivity contribution in [3.05, 3.63) is 28.9 Å². The molecule has 7 heteroatoms. The Balaban J connectivity index is 1.82. The zero-order valence-corrected chi connectivity index (χ0v) is 13.0. The number of aromatic nitrogens is 4. The van der Waals surface area contributed by atoms with Gasteiger partial charge in [0, 0.05) is 18.0 Å². The molecule has 3 rings (SSSR count). The first kappa shape index (κ1) is 13.4. The minimum absolute atomic E-state index is 0.555. The lowest BCUT2D eigenvalue weighted by Gasteiger charge is -2.04. The van der Waals surface area contributed by atoms with Crippen molar-refractivity contribution in [3.63, 3.8) is 0 Å². The van der Waals surface area contributed by atoms with Crippen LogP contribution in [0.4, 0.5) is 5.82 Å². The van der Waals surface area contributed by atoms with Crippen LogP contribution in [0.1, 0.15) is 18.3 Å². The summed E-state index contributed by atoms with van der Waals surface area (Å²) in [4.78, 5) is 9.84. The normalized spacial score (nSPS) is 11.3. The quantitative estimate of drug-likeness (QED) is 0.592. The molecule has 0 aliphatic carbocycles. The summed E-state index contributed by atoms with van der Waals surface area (Å²) < 4.78 is 2.01. The van der Waals surface area contributed by atoms with Crippen LogP contribution in [0.15, 0.2) is 22.7 Å². The summed E-state index contributed by atoms with van der Waals surface area (Å²) in [5.74, 6) is 1.35. The van der Waals surface area contributed by atoms with Crippen molar-refractivity contribution in [2.75, 3.05) is 5.73 Å². The second kappa shape index (κ2) is 5.41. The molecule has 0 amide bonds. The van der Waals surface area contributed by atoms with Crippen LogP contribution >= 0.6 is 23.1 Å². The Morgan fingerprint density at radius 3 is 3.05 bits per heavy atom. The van der Waals surface area contributed by atoms with Crippen LogP contribution in [0.3, 0.4) is 0 Å². The Labute approximate surface area is 125 Å². The molecule has 0 fully saturated rings. The molecule has 2 N–H and O–H groups in total. The van der Waals surface area contributed by atoms with E-state index in [2.05, 4.69) is 28.1 Å². The highest BCUT2D eigenvalue weighted by molar-refractivity contribution is 7.98. The van der Waals surface area contributed by atoms with Gasteiger partial charge >= 0.3 is 0 Å². The number of nitrogens with two attached hydrogens (primary N) is 1. The molecule has 20 heavy (non-hydrogen) atoms. The monoisotopic (exact) mass is 305 g/mol. The van der Waals surface area contributed by atoms with Gasteiger partial charge in [-0.1, -0.05) is 11.8 Å². The van der Waals surface area contributed by atoms with Gasteiger partial charge in [-0.2, -0.15) is 5.10 Å². The van der Waals surface area contributed by atoms with Crippen molar-refractivity contribution in [1.29, 1.82) is 0 Å². The van der Waals surface area contributed by atoms with E-state index in [1.807, 2.05) is 23.1 Å². The largest absolute Gasteiger partial charge is 0.383 e. The Kier molecular flexibility index (Phi) is 3.62. The molecule has 0 aliphatic heterocycles. The number of hydrogen-bond donors (Lipinski definition) is 1. The molecular weight excluding hydrogens is 290 g/mol. The molecule has 0 saturated heterocycles. The van der Waals surface area contributed by atoms with E-state index < -0.39 is 0 Å². The second-order valence-corrected chi connectivity index (χ2v) is 6.25. The third-order valence-corrected chi connectivity index (χ3v) is 4.66. The van der Waals surface area contributed by atoms with E-state index in [0.717, 1.165) is 33.4 Å². The third-order valence-electron chi connectivity index (χ3n) is 2.97. The fraction of sp³-hybridized carbons (Fsp3) is 0.308. The highest BCUT2D eigenvalue weighted by atomic mass is 32.2. The van der Waals surface area contributed by atoms with Gasteiger partial charge in [0.25, 0.3) is 0 Å². The van der Waals surface area contributed by atoms with Gasteiger partial charge in [0.2, 0.25) is 0 Å². The molecular formula is C13H15N5S2. The first-order valence-electron chi connectivity index (χ1n) is 6.34. The van der Waals surface area contributed by atoms with Crippen LogP contribution in [0.2, 0.25) is 0 Å². The average molecular weight is 305 g/mol. The maximum absolute atomic E-state index is 5.96. The van der Waals surface area contributed by atoms with E-state index in [-0.39, 0.29) is 0 Å². The van der Waals surface area contributed by atoms with Gasteiger partial charge in [-0.05, 0) is 31.4 Å². The van der Waals surface area contributed by atoms with Gasteiger partial charge < -0.3 is 5.73 Å². The molecule has 0 radical (unpaired) electrons. The average Bonchev–Trinajstić information content (AvgIpc) is 3.02. The minimum atomic E-state index is 0.555. The van der Waals surface area contributed by atoms with Gasteiger partial charge in [0.15, 0.2) is 5.16 Å². The van der Waals surface area contributed by atoms with Crippen LogP contribution in [0.5, 0.6) is 0 Å². The lowest BCUT2D eigenvalue weighted by atomic mass is 10.4. The van der Waals surface area contributed by atoms with E-state index in [9.17, 15) is 0 Å². The van der Waals surface area contributed by atoms with Gasteiger partial charge in [-0.25, -0.2) is 9.97 Å². The summed E-state index contributed by atoms with van der Waals surface area (Å²) in [7, 11) is 0. The molecule has 0 atom stereocenters. The van der Waals surface area contributed by atoms with Crippen LogP contribution in [-0.2, 0) is 12.3 Å². The van der Waals surface area contributed by atoms with E-state index in [4.69, 9.17) is 5.73 Å². The number of hydrogen-bond acceptors (Lipinski definition) is 6. The molecule has 0 spiro atoms. The van der Waals surface area contributed by atoms with Crippen molar-refractivity contribution >= 4 is 39.1 Å². The lowest BCUT2D eigenvalue weighted by molar-refractivity contribution is 0.631. The molecule has 104 valence electrons. The van der Waals surface area contributed by atoms with E-state index >= 15 is 0 Å². The smallest absolute Gasteiger partial charge is 0.191 e. The predicted octanol–water partition coefficient (Wildman–Crippen LogP) is 3.09. The van der Waals surface area contributed by atoms with Crippen molar-refractivity contribution < 1.29 is 0 Å². The minimum Gasteiger partial charge on any atom is -0.383 e. The zero-order chi connectivity index (χ0) is 14.1. The van der Waals surface area contributed by atoms with Crippen LogP contribution in [-0.4, -0.2) is 19.7 Å². The number of anilines is 1. The SMILES string of the molecule is CCn1nc(C)cc1CSc1nc(N)c2ccsc2n1. The fourth-order valence-corrected chi connectivity index (χ4v) is 3.71. The molecule has 0 saturated carbocycles. The van der Waals surface area contributed by atoms with E-state index in [1.54, 1.807) is 23.1 Å². The first-order valence-corrected chi connectivity index (χ1v) is 8.20. The summed E-state index contributed by atoms with van der Waals surface area (Å²) in [6, 6.07) is 4.06. The Morgan fingerprint density at radius 1 is 1.40 bits per heavy atom. The number of nitrogens with zero attached hydrogens (tertiary/aromatic N) is 4. The molecule has 3 heterocycles. The summed E-state index contributed by atoms with van der Waals surface area (Å²) in [5.41, 5.74) is 8.18. The number of thioether (sulfide) groups is 1. The van der Waals surface area contributed by atoms with Crippen molar-refractivity contribution in [2.45, 2.75) is 31.3 Å². The van der Waals surface area contributed by atoms with Crippen molar-refractivity contribution in [2.24, 2.45) is 0 Å². The van der Waals surface area contributed by atoms with Crippen molar-refractivity contribution in [3.8, 4) is 0 Å². The van der Waals surface area contributed by atoms with E-state index in [0.29, 0.717) is 5.82 Å². The number of nitrogen functional groups attached to an aromatic ring is 1. The highest BCUT2D eigenvalue weighted by Crippen LogP contribution is 2.27. The Bertz CT molecular complexity index is 746. The first-order chi connectivity index (χ1) is 9.67. The number of fused-ring (bicyclic) bond motifs is 1. The molecule has 0 aliphatic rings.